The smallest absolute Gasteiger partial charge is 0.123 e. The summed E-state index contributed by atoms with van der Waals surface area (Å²) in [4.78, 5) is 8.49. The average Bonchev–Trinajstić information content (AvgIpc) is 2.47. The lowest BCUT2D eigenvalue weighted by Crippen LogP contribution is -2.01. The molecular weight excluding hydrogens is 236 g/mol. The van der Waals surface area contributed by atoms with E-state index in [4.69, 9.17) is 5.73 Å². The third kappa shape index (κ3) is 2.47. The van der Waals surface area contributed by atoms with Gasteiger partial charge < -0.3 is 11.1 Å². The molecule has 2 aromatic heterocycles. The average molecular weight is 250 g/mol. The molecule has 2 heterocycles. The number of hydrogen-bond acceptors (Lipinski definition) is 4. The summed E-state index contributed by atoms with van der Waals surface area (Å²) in [5, 5.41) is 4.47. The van der Waals surface area contributed by atoms with E-state index in [2.05, 4.69) is 33.5 Å². The fourth-order valence-corrected chi connectivity index (χ4v) is 2.02. The molecule has 4 nitrogen and oxygen atoms in total. The number of nitrogens with one attached hydrogen (secondary N) is 1. The highest BCUT2D eigenvalue weighted by Gasteiger charge is 2.01. The molecule has 0 atom stereocenters. The van der Waals surface area contributed by atoms with E-state index >= 15 is 0 Å². The van der Waals surface area contributed by atoms with Crippen LogP contribution in [0.1, 0.15) is 5.56 Å². The molecule has 0 unspecified atom stereocenters. The molecule has 3 rings (SSSR count). The van der Waals surface area contributed by atoms with Crippen molar-refractivity contribution < 1.29 is 0 Å². The summed E-state index contributed by atoms with van der Waals surface area (Å²) in [6, 6.07) is 13.9. The highest BCUT2D eigenvalue weighted by atomic mass is 14.9. The van der Waals surface area contributed by atoms with Crippen molar-refractivity contribution in [2.45, 2.75) is 6.54 Å². The number of nitrogens with two attached hydrogens (primary N) is 1. The number of para-hydroxylation sites is 1. The van der Waals surface area contributed by atoms with Crippen LogP contribution < -0.4 is 11.1 Å². The maximum Gasteiger partial charge on any atom is 0.123 e. The van der Waals surface area contributed by atoms with Crippen molar-refractivity contribution >= 4 is 22.4 Å². The van der Waals surface area contributed by atoms with E-state index < -0.39 is 0 Å². The summed E-state index contributed by atoms with van der Waals surface area (Å²) in [6.07, 6.45) is 3.55. The van der Waals surface area contributed by atoms with Gasteiger partial charge in [0.15, 0.2) is 0 Å². The number of nitrogens with zero attached hydrogens (tertiary/aromatic N) is 2. The second-order valence-corrected chi connectivity index (χ2v) is 4.32. The van der Waals surface area contributed by atoms with E-state index in [0.717, 1.165) is 22.2 Å². The molecule has 94 valence electrons. The number of anilines is 2. The van der Waals surface area contributed by atoms with E-state index in [1.54, 1.807) is 12.3 Å². The Morgan fingerprint density at radius 2 is 1.89 bits per heavy atom. The Hall–Kier alpha value is -2.62. The first-order valence-electron chi connectivity index (χ1n) is 6.11. The first-order valence-corrected chi connectivity index (χ1v) is 6.11. The van der Waals surface area contributed by atoms with Gasteiger partial charge in [-0.1, -0.05) is 24.3 Å². The quantitative estimate of drug-likeness (QED) is 0.750. The Morgan fingerprint density at radius 1 is 1.00 bits per heavy atom. The largest absolute Gasteiger partial charge is 0.384 e. The lowest BCUT2D eigenvalue weighted by atomic mass is 10.1. The molecule has 0 saturated heterocycles. The molecule has 0 radical (unpaired) electrons. The SMILES string of the molecule is Nc1ccc(NCc2cccc3cccnc23)cn1. The van der Waals surface area contributed by atoms with Gasteiger partial charge in [-0.25, -0.2) is 4.98 Å². The number of benzene rings is 1. The van der Waals surface area contributed by atoms with Gasteiger partial charge in [-0.15, -0.1) is 0 Å². The zero-order valence-corrected chi connectivity index (χ0v) is 10.4. The van der Waals surface area contributed by atoms with Crippen molar-refractivity contribution in [2.24, 2.45) is 0 Å². The van der Waals surface area contributed by atoms with Gasteiger partial charge in [-0.05, 0) is 23.8 Å². The molecule has 3 aromatic rings. The van der Waals surface area contributed by atoms with Gasteiger partial charge in [0.2, 0.25) is 0 Å². The van der Waals surface area contributed by atoms with Crippen LogP contribution >= 0.6 is 0 Å². The van der Waals surface area contributed by atoms with Crippen LogP contribution in [-0.2, 0) is 6.54 Å². The molecule has 19 heavy (non-hydrogen) atoms. The number of nitrogen functional groups attached to an aromatic ring is 1. The first kappa shape index (κ1) is 11.5. The minimum Gasteiger partial charge on any atom is -0.384 e. The van der Waals surface area contributed by atoms with Crippen molar-refractivity contribution in [1.29, 1.82) is 0 Å². The fourth-order valence-electron chi connectivity index (χ4n) is 2.02. The van der Waals surface area contributed by atoms with Crippen LogP contribution in [0.2, 0.25) is 0 Å². The van der Waals surface area contributed by atoms with Gasteiger partial charge >= 0.3 is 0 Å². The molecule has 0 aliphatic heterocycles. The van der Waals surface area contributed by atoms with Crippen molar-refractivity contribution in [3.05, 3.63) is 60.4 Å². The second-order valence-electron chi connectivity index (χ2n) is 4.32. The second kappa shape index (κ2) is 4.94. The predicted molar refractivity (Wildman–Crippen MR) is 77.7 cm³/mol. The third-order valence-corrected chi connectivity index (χ3v) is 2.99. The summed E-state index contributed by atoms with van der Waals surface area (Å²) in [7, 11) is 0. The lowest BCUT2D eigenvalue weighted by molar-refractivity contribution is 1.14. The van der Waals surface area contributed by atoms with E-state index in [1.165, 1.54) is 0 Å². The Labute approximate surface area is 111 Å². The zero-order valence-electron chi connectivity index (χ0n) is 10.4. The minimum atomic E-state index is 0.525. The van der Waals surface area contributed by atoms with Gasteiger partial charge in [0.05, 0.1) is 17.4 Å². The van der Waals surface area contributed by atoms with E-state index in [9.17, 15) is 0 Å². The standard InChI is InChI=1S/C15H14N4/c16-14-7-6-13(10-19-14)18-9-12-4-1-3-11-5-2-8-17-15(11)12/h1-8,10,18H,9H2,(H2,16,19). The molecule has 0 spiro atoms. The predicted octanol–water partition coefficient (Wildman–Crippen LogP) is 2.82. The number of rotatable bonds is 3. The van der Waals surface area contributed by atoms with E-state index in [1.807, 2.05) is 24.4 Å². The van der Waals surface area contributed by atoms with Gasteiger partial charge in [0, 0.05) is 18.1 Å². The highest BCUT2D eigenvalue weighted by molar-refractivity contribution is 5.81. The summed E-state index contributed by atoms with van der Waals surface area (Å²) in [5.74, 6) is 0.525. The fraction of sp³-hybridized carbons (Fsp3) is 0.0667. The summed E-state index contributed by atoms with van der Waals surface area (Å²) < 4.78 is 0. The molecule has 0 saturated carbocycles. The Bertz CT molecular complexity index is 687. The lowest BCUT2D eigenvalue weighted by Gasteiger charge is -2.08. The van der Waals surface area contributed by atoms with E-state index in [0.29, 0.717) is 12.4 Å². The Kier molecular flexibility index (Phi) is 2.98. The van der Waals surface area contributed by atoms with Crippen molar-refractivity contribution in [2.75, 3.05) is 11.1 Å². The molecule has 1 aromatic carbocycles. The number of hydrogen-bond donors (Lipinski definition) is 2. The molecule has 0 aliphatic carbocycles. The molecule has 3 N–H and O–H groups in total. The molecule has 0 fully saturated rings. The molecule has 0 bridgehead atoms. The van der Waals surface area contributed by atoms with Gasteiger partial charge in [0.1, 0.15) is 5.82 Å². The van der Waals surface area contributed by atoms with Crippen LogP contribution in [0, 0.1) is 0 Å². The topological polar surface area (TPSA) is 63.8 Å². The van der Waals surface area contributed by atoms with Crippen LogP contribution in [0.4, 0.5) is 11.5 Å². The van der Waals surface area contributed by atoms with Crippen LogP contribution in [-0.4, -0.2) is 9.97 Å². The first-order chi connectivity index (χ1) is 9.33. The molecular formula is C15H14N4. The highest BCUT2D eigenvalue weighted by Crippen LogP contribution is 2.17. The maximum absolute atomic E-state index is 5.56. The number of fused-ring (bicyclic) bond motifs is 1. The molecule has 4 heteroatoms. The minimum absolute atomic E-state index is 0.525. The van der Waals surface area contributed by atoms with Gasteiger partial charge in [0.25, 0.3) is 0 Å². The molecule has 0 amide bonds. The van der Waals surface area contributed by atoms with E-state index in [-0.39, 0.29) is 0 Å². The zero-order chi connectivity index (χ0) is 13.1. The maximum atomic E-state index is 5.56. The number of pyridine rings is 2. The van der Waals surface area contributed by atoms with Crippen LogP contribution in [0.25, 0.3) is 10.9 Å². The monoisotopic (exact) mass is 250 g/mol. The Balaban J connectivity index is 1.84. The normalized spacial score (nSPS) is 10.5. The number of aromatic nitrogens is 2. The summed E-state index contributed by atoms with van der Waals surface area (Å²) in [6.45, 7) is 0.708. The van der Waals surface area contributed by atoms with Crippen LogP contribution in [0.3, 0.4) is 0 Å². The summed E-state index contributed by atoms with van der Waals surface area (Å²) in [5.41, 5.74) is 8.70. The van der Waals surface area contributed by atoms with Crippen molar-refractivity contribution in [3.8, 4) is 0 Å². The van der Waals surface area contributed by atoms with Crippen molar-refractivity contribution in [1.82, 2.24) is 9.97 Å². The van der Waals surface area contributed by atoms with Gasteiger partial charge in [-0.2, -0.15) is 0 Å². The summed E-state index contributed by atoms with van der Waals surface area (Å²) >= 11 is 0. The van der Waals surface area contributed by atoms with Gasteiger partial charge in [-0.3, -0.25) is 4.98 Å². The Morgan fingerprint density at radius 3 is 2.74 bits per heavy atom. The molecule has 0 aliphatic rings. The third-order valence-electron chi connectivity index (χ3n) is 2.99. The van der Waals surface area contributed by atoms with Crippen LogP contribution in [0.5, 0.6) is 0 Å². The van der Waals surface area contributed by atoms with Crippen molar-refractivity contribution in [3.63, 3.8) is 0 Å². The van der Waals surface area contributed by atoms with Crippen LogP contribution in [0.15, 0.2) is 54.9 Å².